The third-order valence-corrected chi connectivity index (χ3v) is 5.12. The first-order valence-corrected chi connectivity index (χ1v) is 7.87. The Hall–Kier alpha value is -0.700. The summed E-state index contributed by atoms with van der Waals surface area (Å²) in [5, 5.41) is 0. The fourth-order valence-corrected chi connectivity index (χ4v) is 4.07. The van der Waals surface area contributed by atoms with Gasteiger partial charge in [-0.15, -0.1) is 0 Å². The quantitative estimate of drug-likeness (QED) is 0.810. The molecule has 1 atom stereocenters. The second-order valence-electron chi connectivity index (χ2n) is 4.78. The maximum Gasteiger partial charge on any atom is 0.244 e. The fourth-order valence-electron chi connectivity index (χ4n) is 1.91. The van der Waals surface area contributed by atoms with E-state index < -0.39 is 26.3 Å². The number of sulfonamides is 1. The molecule has 1 fully saturated rings. The largest absolute Gasteiger partial charge is 0.399 e. The lowest BCUT2D eigenvalue weighted by atomic mass is 10.0. The van der Waals surface area contributed by atoms with Crippen LogP contribution >= 0.6 is 15.9 Å². The van der Waals surface area contributed by atoms with Gasteiger partial charge in [-0.25, -0.2) is 17.5 Å². The van der Waals surface area contributed by atoms with E-state index in [1.165, 1.54) is 6.07 Å². The van der Waals surface area contributed by atoms with Crippen LogP contribution in [0.4, 0.5) is 10.1 Å². The van der Waals surface area contributed by atoms with E-state index in [1.54, 1.807) is 6.92 Å². The van der Waals surface area contributed by atoms with E-state index in [1.807, 2.05) is 0 Å². The number of halogens is 2. The highest BCUT2D eigenvalue weighted by Gasteiger charge is 2.35. The molecule has 0 saturated carbocycles. The second kappa shape index (κ2) is 5.01. The van der Waals surface area contributed by atoms with Gasteiger partial charge in [0, 0.05) is 12.3 Å². The minimum atomic E-state index is -3.99. The Morgan fingerprint density at radius 3 is 2.79 bits per heavy atom. The highest BCUT2D eigenvalue weighted by Crippen LogP contribution is 2.28. The molecule has 0 spiro atoms. The van der Waals surface area contributed by atoms with E-state index in [0.717, 1.165) is 6.07 Å². The van der Waals surface area contributed by atoms with Gasteiger partial charge in [-0.05, 0) is 41.4 Å². The van der Waals surface area contributed by atoms with Crippen molar-refractivity contribution in [3.63, 3.8) is 0 Å². The number of ether oxygens (including phenoxy) is 1. The van der Waals surface area contributed by atoms with Gasteiger partial charge in [0.25, 0.3) is 0 Å². The summed E-state index contributed by atoms with van der Waals surface area (Å²) in [6.07, 6.45) is 0.539. The fraction of sp³-hybridized carbons (Fsp3) is 0.455. The molecule has 0 aliphatic carbocycles. The summed E-state index contributed by atoms with van der Waals surface area (Å²) in [7, 11) is -3.99. The van der Waals surface area contributed by atoms with Crippen LogP contribution in [0.2, 0.25) is 0 Å². The molecule has 1 unspecified atom stereocenters. The number of nitrogens with one attached hydrogen (secondary N) is 1. The molecule has 106 valence electrons. The van der Waals surface area contributed by atoms with Gasteiger partial charge in [-0.1, -0.05) is 0 Å². The highest BCUT2D eigenvalue weighted by molar-refractivity contribution is 9.10. The topological polar surface area (TPSA) is 81.4 Å². The number of rotatable bonds is 3. The van der Waals surface area contributed by atoms with Gasteiger partial charge in [0.15, 0.2) is 5.82 Å². The maximum atomic E-state index is 13.9. The van der Waals surface area contributed by atoms with Crippen LogP contribution in [-0.4, -0.2) is 27.2 Å². The lowest BCUT2D eigenvalue weighted by Crippen LogP contribution is -2.46. The molecule has 0 radical (unpaired) electrons. The summed E-state index contributed by atoms with van der Waals surface area (Å²) in [6, 6.07) is 2.41. The molecule has 0 bridgehead atoms. The lowest BCUT2D eigenvalue weighted by molar-refractivity contribution is 0.178. The first-order chi connectivity index (χ1) is 8.73. The van der Waals surface area contributed by atoms with Crippen LogP contribution in [0.1, 0.15) is 13.3 Å². The molecule has 0 aromatic heterocycles. The van der Waals surface area contributed by atoms with E-state index >= 15 is 0 Å². The van der Waals surface area contributed by atoms with Crippen molar-refractivity contribution in [2.45, 2.75) is 23.8 Å². The van der Waals surface area contributed by atoms with Crippen LogP contribution < -0.4 is 10.5 Å². The van der Waals surface area contributed by atoms with Crippen molar-refractivity contribution in [1.82, 2.24) is 4.72 Å². The Morgan fingerprint density at radius 1 is 1.53 bits per heavy atom. The van der Waals surface area contributed by atoms with E-state index in [-0.39, 0.29) is 16.8 Å². The molecule has 0 amide bonds. The van der Waals surface area contributed by atoms with Gasteiger partial charge in [-0.3, -0.25) is 0 Å². The van der Waals surface area contributed by atoms with Crippen molar-refractivity contribution < 1.29 is 17.5 Å². The van der Waals surface area contributed by atoms with Gasteiger partial charge in [0.1, 0.15) is 4.90 Å². The molecule has 5 nitrogen and oxygen atoms in total. The van der Waals surface area contributed by atoms with Crippen LogP contribution in [-0.2, 0) is 14.8 Å². The molecule has 8 heteroatoms. The minimum absolute atomic E-state index is 0.0145. The van der Waals surface area contributed by atoms with E-state index in [2.05, 4.69) is 20.7 Å². The Balaban J connectivity index is 2.40. The van der Waals surface area contributed by atoms with Gasteiger partial charge in [0.05, 0.1) is 16.6 Å². The zero-order valence-electron chi connectivity index (χ0n) is 10.2. The average molecular weight is 353 g/mol. The maximum absolute atomic E-state index is 13.9. The Morgan fingerprint density at radius 2 is 2.21 bits per heavy atom. The van der Waals surface area contributed by atoms with Crippen molar-refractivity contribution in [2.24, 2.45) is 0 Å². The van der Waals surface area contributed by atoms with Crippen molar-refractivity contribution in [3.8, 4) is 0 Å². The first-order valence-electron chi connectivity index (χ1n) is 5.60. The number of anilines is 1. The average Bonchev–Trinajstić information content (AvgIpc) is 2.68. The van der Waals surface area contributed by atoms with E-state index in [4.69, 9.17) is 10.5 Å². The summed E-state index contributed by atoms with van der Waals surface area (Å²) in [5.41, 5.74) is 5.00. The SMILES string of the molecule is CC1(NS(=O)(=O)c2cc(N)cc(Br)c2F)CCOC1. The van der Waals surface area contributed by atoms with Crippen LogP contribution in [0, 0.1) is 5.82 Å². The summed E-state index contributed by atoms with van der Waals surface area (Å²) in [5.74, 6) is -0.857. The van der Waals surface area contributed by atoms with Gasteiger partial charge in [0.2, 0.25) is 10.0 Å². The van der Waals surface area contributed by atoms with Crippen LogP contribution in [0.5, 0.6) is 0 Å². The molecule has 19 heavy (non-hydrogen) atoms. The Kier molecular flexibility index (Phi) is 3.87. The van der Waals surface area contributed by atoms with Crippen LogP contribution in [0.3, 0.4) is 0 Å². The molecule has 1 heterocycles. The molecule has 1 aromatic carbocycles. The minimum Gasteiger partial charge on any atom is -0.399 e. The standard InChI is InChI=1S/C11H14BrFN2O3S/c1-11(2-3-18-6-11)15-19(16,17)9-5-7(14)4-8(12)10(9)13/h4-5,15H,2-3,6,14H2,1H3. The molecule has 1 aliphatic rings. The van der Waals surface area contributed by atoms with E-state index in [0.29, 0.717) is 13.0 Å². The molecule has 3 N–H and O–H groups in total. The first kappa shape index (κ1) is 14.7. The monoisotopic (exact) mass is 352 g/mol. The zero-order chi connectivity index (χ0) is 14.3. The van der Waals surface area contributed by atoms with Crippen molar-refractivity contribution in [3.05, 3.63) is 22.4 Å². The third kappa shape index (κ3) is 3.07. The Bertz CT molecular complexity index is 600. The predicted molar refractivity (Wildman–Crippen MR) is 72.7 cm³/mol. The van der Waals surface area contributed by atoms with Gasteiger partial charge in [-0.2, -0.15) is 0 Å². The normalized spacial score (nSPS) is 23.7. The van der Waals surface area contributed by atoms with Crippen LogP contribution in [0.25, 0.3) is 0 Å². The summed E-state index contributed by atoms with van der Waals surface area (Å²) in [4.78, 5) is -0.465. The molecule has 2 rings (SSSR count). The van der Waals surface area contributed by atoms with Crippen molar-refractivity contribution >= 4 is 31.6 Å². The number of hydrogen-bond acceptors (Lipinski definition) is 4. The van der Waals surface area contributed by atoms with Crippen molar-refractivity contribution in [2.75, 3.05) is 18.9 Å². The molecular weight excluding hydrogens is 339 g/mol. The second-order valence-corrected chi connectivity index (χ2v) is 7.29. The number of hydrogen-bond donors (Lipinski definition) is 2. The summed E-state index contributed by atoms with van der Waals surface area (Å²) in [6.45, 7) is 2.45. The molecular formula is C11H14BrFN2O3S. The predicted octanol–water partition coefficient (Wildman–Crippen LogP) is 1.63. The number of nitrogen functional groups attached to an aromatic ring is 1. The smallest absolute Gasteiger partial charge is 0.244 e. The van der Waals surface area contributed by atoms with Gasteiger partial charge < -0.3 is 10.5 Å². The van der Waals surface area contributed by atoms with Crippen molar-refractivity contribution in [1.29, 1.82) is 0 Å². The molecule has 1 aliphatic heterocycles. The van der Waals surface area contributed by atoms with Crippen LogP contribution in [0.15, 0.2) is 21.5 Å². The zero-order valence-corrected chi connectivity index (χ0v) is 12.6. The number of nitrogens with two attached hydrogens (primary N) is 1. The highest BCUT2D eigenvalue weighted by atomic mass is 79.9. The molecule has 1 saturated heterocycles. The Labute approximate surface area is 119 Å². The number of benzene rings is 1. The summed E-state index contributed by atoms with van der Waals surface area (Å²) < 4.78 is 46.0. The lowest BCUT2D eigenvalue weighted by Gasteiger charge is -2.23. The summed E-state index contributed by atoms with van der Waals surface area (Å²) >= 11 is 2.94. The molecule has 1 aromatic rings. The third-order valence-electron chi connectivity index (χ3n) is 2.91. The van der Waals surface area contributed by atoms with Gasteiger partial charge >= 0.3 is 0 Å². The van der Waals surface area contributed by atoms with E-state index in [9.17, 15) is 12.8 Å².